The van der Waals surface area contributed by atoms with Crippen molar-refractivity contribution >= 4 is 17.0 Å². The van der Waals surface area contributed by atoms with E-state index in [1.807, 2.05) is 26.0 Å². The standard InChI is InChI=1S/C13H16N2O3/c1-7-4-10-6-11(9(3)15(17)13(14)16)18-12(10)5-8(7)2/h4-6,9,17H,1-3H3,(H2,14,16). The summed E-state index contributed by atoms with van der Waals surface area (Å²) >= 11 is 0. The molecule has 2 amide bonds. The van der Waals surface area contributed by atoms with Crippen LogP contribution in [0.2, 0.25) is 0 Å². The van der Waals surface area contributed by atoms with Crippen LogP contribution in [0.3, 0.4) is 0 Å². The van der Waals surface area contributed by atoms with Crippen LogP contribution < -0.4 is 5.73 Å². The fraction of sp³-hybridized carbons (Fsp3) is 0.308. The Labute approximate surface area is 105 Å². The molecule has 1 atom stereocenters. The number of hydrogen-bond acceptors (Lipinski definition) is 3. The average molecular weight is 248 g/mol. The van der Waals surface area contributed by atoms with Crippen LogP contribution in [0.1, 0.15) is 29.9 Å². The minimum absolute atomic E-state index is 0.456. The van der Waals surface area contributed by atoms with E-state index in [-0.39, 0.29) is 0 Å². The molecule has 0 aliphatic heterocycles. The molecule has 96 valence electrons. The lowest BCUT2D eigenvalue weighted by atomic mass is 10.1. The Bertz CT molecular complexity index is 565. The molecule has 2 aromatic rings. The SMILES string of the molecule is Cc1cc2cc(C(C)N(O)C(N)=O)oc2cc1C. The van der Waals surface area contributed by atoms with Crippen molar-refractivity contribution in [1.29, 1.82) is 0 Å². The Kier molecular flexibility index (Phi) is 3.00. The van der Waals surface area contributed by atoms with Crippen LogP contribution in [0.15, 0.2) is 22.6 Å². The molecule has 3 N–H and O–H groups in total. The highest BCUT2D eigenvalue weighted by atomic mass is 16.5. The van der Waals surface area contributed by atoms with Gasteiger partial charge in [0.05, 0.1) is 0 Å². The molecule has 1 unspecified atom stereocenters. The highest BCUT2D eigenvalue weighted by molar-refractivity contribution is 5.80. The fourth-order valence-corrected chi connectivity index (χ4v) is 1.84. The van der Waals surface area contributed by atoms with Gasteiger partial charge in [-0.2, -0.15) is 5.06 Å². The second kappa shape index (κ2) is 4.34. The number of amides is 2. The second-order valence-corrected chi connectivity index (χ2v) is 4.48. The largest absolute Gasteiger partial charge is 0.459 e. The van der Waals surface area contributed by atoms with Gasteiger partial charge in [-0.05, 0) is 50.1 Å². The van der Waals surface area contributed by atoms with Gasteiger partial charge in [-0.3, -0.25) is 5.21 Å². The van der Waals surface area contributed by atoms with Crippen LogP contribution in [0, 0.1) is 13.8 Å². The molecule has 0 spiro atoms. The van der Waals surface area contributed by atoms with Crippen molar-refractivity contribution in [2.24, 2.45) is 5.73 Å². The Morgan fingerprint density at radius 3 is 2.56 bits per heavy atom. The van der Waals surface area contributed by atoms with Gasteiger partial charge in [0, 0.05) is 5.39 Å². The first-order valence-electron chi connectivity index (χ1n) is 5.68. The Morgan fingerprint density at radius 1 is 1.33 bits per heavy atom. The molecule has 0 saturated carbocycles. The number of hydroxylamine groups is 2. The third-order valence-corrected chi connectivity index (χ3v) is 3.16. The molecule has 5 heteroatoms. The predicted octanol–water partition coefficient (Wildman–Crippen LogP) is 2.88. The maximum Gasteiger partial charge on any atom is 0.339 e. The number of rotatable bonds is 2. The highest BCUT2D eigenvalue weighted by Gasteiger charge is 2.21. The number of urea groups is 1. The van der Waals surface area contributed by atoms with E-state index >= 15 is 0 Å². The lowest BCUT2D eigenvalue weighted by molar-refractivity contribution is -0.0758. The third-order valence-electron chi connectivity index (χ3n) is 3.16. The van der Waals surface area contributed by atoms with E-state index in [0.717, 1.165) is 16.5 Å². The number of fused-ring (bicyclic) bond motifs is 1. The van der Waals surface area contributed by atoms with Crippen molar-refractivity contribution < 1.29 is 14.4 Å². The number of carbonyl (C=O) groups excluding carboxylic acids is 1. The zero-order chi connectivity index (χ0) is 13.4. The van der Waals surface area contributed by atoms with Crippen molar-refractivity contribution in [2.75, 3.05) is 0 Å². The summed E-state index contributed by atoms with van der Waals surface area (Å²) in [4.78, 5) is 10.9. The van der Waals surface area contributed by atoms with Crippen LogP contribution in [0.25, 0.3) is 11.0 Å². The molecule has 1 heterocycles. The van der Waals surface area contributed by atoms with Gasteiger partial charge in [0.25, 0.3) is 0 Å². The molecule has 0 aliphatic rings. The van der Waals surface area contributed by atoms with Crippen molar-refractivity contribution in [1.82, 2.24) is 5.06 Å². The molecule has 0 aliphatic carbocycles. The monoisotopic (exact) mass is 248 g/mol. The maximum absolute atomic E-state index is 10.9. The number of hydrogen-bond donors (Lipinski definition) is 2. The Morgan fingerprint density at radius 2 is 1.94 bits per heavy atom. The van der Waals surface area contributed by atoms with Gasteiger partial charge >= 0.3 is 6.03 Å². The van der Waals surface area contributed by atoms with Gasteiger partial charge in [0.1, 0.15) is 17.4 Å². The molecule has 2 rings (SSSR count). The summed E-state index contributed by atoms with van der Waals surface area (Å²) in [5.41, 5.74) is 8.04. The molecule has 0 fully saturated rings. The van der Waals surface area contributed by atoms with Crippen LogP contribution in [0.5, 0.6) is 0 Å². The van der Waals surface area contributed by atoms with E-state index in [4.69, 9.17) is 10.2 Å². The molecule has 1 aromatic carbocycles. The third kappa shape index (κ3) is 2.04. The van der Waals surface area contributed by atoms with E-state index < -0.39 is 12.1 Å². The molecule has 0 saturated heterocycles. The summed E-state index contributed by atoms with van der Waals surface area (Å²) in [5, 5.41) is 10.9. The average Bonchev–Trinajstić information content (AvgIpc) is 2.70. The van der Waals surface area contributed by atoms with Crippen molar-refractivity contribution in [3.05, 3.63) is 35.1 Å². The number of carbonyl (C=O) groups is 1. The van der Waals surface area contributed by atoms with Crippen LogP contribution in [-0.2, 0) is 0 Å². The Hall–Kier alpha value is -2.01. The van der Waals surface area contributed by atoms with Gasteiger partial charge in [0.2, 0.25) is 0 Å². The lowest BCUT2D eigenvalue weighted by Gasteiger charge is -2.17. The van der Waals surface area contributed by atoms with Crippen molar-refractivity contribution in [3.8, 4) is 0 Å². The maximum atomic E-state index is 10.9. The van der Waals surface area contributed by atoms with E-state index in [1.165, 1.54) is 5.56 Å². The van der Waals surface area contributed by atoms with Gasteiger partial charge in [0.15, 0.2) is 0 Å². The number of nitrogens with two attached hydrogens (primary N) is 1. The molecule has 1 aromatic heterocycles. The van der Waals surface area contributed by atoms with E-state index in [1.54, 1.807) is 13.0 Å². The molecule has 5 nitrogen and oxygen atoms in total. The minimum Gasteiger partial charge on any atom is -0.459 e. The highest BCUT2D eigenvalue weighted by Crippen LogP contribution is 2.28. The van der Waals surface area contributed by atoms with Gasteiger partial charge in [-0.25, -0.2) is 4.79 Å². The number of aryl methyl sites for hydroxylation is 2. The summed E-state index contributed by atoms with van der Waals surface area (Å²) in [6.07, 6.45) is 0. The van der Waals surface area contributed by atoms with E-state index in [9.17, 15) is 10.0 Å². The van der Waals surface area contributed by atoms with Crippen LogP contribution >= 0.6 is 0 Å². The summed E-state index contributed by atoms with van der Waals surface area (Å²) < 4.78 is 5.63. The first kappa shape index (κ1) is 12.4. The first-order chi connectivity index (χ1) is 8.40. The van der Waals surface area contributed by atoms with Gasteiger partial charge in [-0.1, -0.05) is 0 Å². The predicted molar refractivity (Wildman–Crippen MR) is 67.3 cm³/mol. The van der Waals surface area contributed by atoms with Gasteiger partial charge in [-0.15, -0.1) is 0 Å². The summed E-state index contributed by atoms with van der Waals surface area (Å²) in [6, 6.07) is 4.23. The zero-order valence-corrected chi connectivity index (χ0v) is 10.6. The molecule has 0 radical (unpaired) electrons. The zero-order valence-electron chi connectivity index (χ0n) is 10.6. The molecule has 0 bridgehead atoms. The van der Waals surface area contributed by atoms with Crippen molar-refractivity contribution in [3.63, 3.8) is 0 Å². The minimum atomic E-state index is -0.907. The first-order valence-corrected chi connectivity index (χ1v) is 5.68. The fourth-order valence-electron chi connectivity index (χ4n) is 1.84. The summed E-state index contributed by atoms with van der Waals surface area (Å²) in [6.45, 7) is 5.66. The number of nitrogens with zero attached hydrogens (tertiary/aromatic N) is 1. The number of primary amides is 1. The van der Waals surface area contributed by atoms with Gasteiger partial charge < -0.3 is 10.2 Å². The van der Waals surface area contributed by atoms with Crippen LogP contribution in [0.4, 0.5) is 4.79 Å². The number of furan rings is 1. The Balaban J connectivity index is 2.44. The number of benzene rings is 1. The summed E-state index contributed by atoms with van der Waals surface area (Å²) in [5.74, 6) is 0.497. The topological polar surface area (TPSA) is 79.7 Å². The summed E-state index contributed by atoms with van der Waals surface area (Å²) in [7, 11) is 0. The second-order valence-electron chi connectivity index (χ2n) is 4.48. The molecular formula is C13H16N2O3. The normalized spacial score (nSPS) is 12.7. The smallest absolute Gasteiger partial charge is 0.339 e. The van der Waals surface area contributed by atoms with E-state index in [0.29, 0.717) is 10.8 Å². The quantitative estimate of drug-likeness (QED) is 0.633. The van der Waals surface area contributed by atoms with Crippen LogP contribution in [-0.4, -0.2) is 16.3 Å². The lowest BCUT2D eigenvalue weighted by Crippen LogP contribution is -2.34. The van der Waals surface area contributed by atoms with E-state index in [2.05, 4.69) is 0 Å². The van der Waals surface area contributed by atoms with Crippen molar-refractivity contribution in [2.45, 2.75) is 26.8 Å². The molecular weight excluding hydrogens is 232 g/mol. The molecule has 18 heavy (non-hydrogen) atoms.